The Morgan fingerprint density at radius 2 is 0.943 bits per heavy atom. The van der Waals surface area contributed by atoms with Gasteiger partial charge in [0.2, 0.25) is 0 Å². The van der Waals surface area contributed by atoms with Gasteiger partial charge in [-0.3, -0.25) is 0 Å². The standard InChI is InChI=1S/C19H38P2.C8H8.BF4.Rh/c1-6-16-10-11-17(7-2)20(16)14-15(5)21-18(8-3)12-13-19(21)9-4;1-2-4-6-8-7-5-3-1;2-1(3,4)5;/h15-19H,6-14H2,1-5H3;1-2,7-8H2;;/q;;-1;/t15?,16-,17-,18-,19-;;;/m0.../s1. The molecule has 0 aromatic rings. The quantitative estimate of drug-likeness (QED) is 0.115. The molecule has 2 saturated heterocycles. The van der Waals surface area contributed by atoms with Crippen LogP contribution in [0.5, 0.6) is 0 Å². The summed E-state index contributed by atoms with van der Waals surface area (Å²) in [5.41, 5.74) is 5.51. The molecule has 0 bridgehead atoms. The van der Waals surface area contributed by atoms with E-state index in [0.717, 1.165) is 54.0 Å². The molecule has 1 unspecified atom stereocenters. The molecule has 1 radical (unpaired) electrons. The van der Waals surface area contributed by atoms with Crippen LogP contribution >= 0.6 is 15.8 Å². The molecule has 0 aromatic heterocycles. The normalized spacial score (nSPS) is 27.2. The topological polar surface area (TPSA) is 0 Å². The van der Waals surface area contributed by atoms with Gasteiger partial charge in [-0.2, -0.15) is 0 Å². The fourth-order valence-corrected chi connectivity index (χ4v) is 14.5. The van der Waals surface area contributed by atoms with E-state index in [1.54, 1.807) is 31.8 Å². The minimum Gasteiger partial charge on any atom is -0.418 e. The third-order valence-corrected chi connectivity index (χ3v) is 15.8. The van der Waals surface area contributed by atoms with Gasteiger partial charge in [-0.1, -0.05) is 50.5 Å². The summed E-state index contributed by atoms with van der Waals surface area (Å²) in [7, 11) is -5.34. The van der Waals surface area contributed by atoms with Crippen molar-refractivity contribution in [3.8, 4) is 23.7 Å². The Morgan fingerprint density at radius 1 is 0.657 bits per heavy atom. The SMILES string of the molecule is C1#CCCC#CCC1.CC[C@H]1CC[C@H](CC)P1CC(C)P1[C@@H](CC)CC[C@@H]1CC.F[B-](F)(F)F.[Rh]. The van der Waals surface area contributed by atoms with Crippen molar-refractivity contribution in [2.24, 2.45) is 0 Å². The zero-order chi connectivity index (χ0) is 25.6. The fourth-order valence-electron chi connectivity index (χ4n) is 5.72. The average molecular weight is 622 g/mol. The molecule has 0 amide bonds. The molecule has 0 nitrogen and oxygen atoms in total. The van der Waals surface area contributed by atoms with Crippen molar-refractivity contribution in [2.45, 2.75) is 140 Å². The Morgan fingerprint density at radius 3 is 1.23 bits per heavy atom. The second kappa shape index (κ2) is 19.5. The van der Waals surface area contributed by atoms with Crippen LogP contribution < -0.4 is 0 Å². The molecule has 0 aromatic carbocycles. The Kier molecular flexibility index (Phi) is 19.7. The van der Waals surface area contributed by atoms with Crippen LogP contribution in [0.2, 0.25) is 0 Å². The molecule has 0 spiro atoms. The van der Waals surface area contributed by atoms with Crippen LogP contribution in [-0.4, -0.2) is 41.7 Å². The molecule has 2 fully saturated rings. The number of halogens is 4. The maximum absolute atomic E-state index is 9.75. The summed E-state index contributed by atoms with van der Waals surface area (Å²) < 4.78 is 39.0. The van der Waals surface area contributed by atoms with Crippen molar-refractivity contribution in [2.75, 3.05) is 6.16 Å². The second-order valence-corrected chi connectivity index (χ2v) is 15.7. The van der Waals surface area contributed by atoms with Gasteiger partial charge >= 0.3 is 7.25 Å². The van der Waals surface area contributed by atoms with Gasteiger partial charge in [0.25, 0.3) is 0 Å². The molecule has 2 aliphatic heterocycles. The molecule has 3 aliphatic rings. The van der Waals surface area contributed by atoms with E-state index in [-0.39, 0.29) is 19.5 Å². The van der Waals surface area contributed by atoms with E-state index in [9.17, 15) is 17.3 Å². The van der Waals surface area contributed by atoms with E-state index in [1.165, 1.54) is 25.7 Å². The minimum atomic E-state index is -6.00. The fraction of sp³-hybridized carbons (Fsp3) is 0.852. The maximum Gasteiger partial charge on any atom is 0.673 e. The summed E-state index contributed by atoms with van der Waals surface area (Å²) in [4.78, 5) is 0. The molecular formula is C27H46BF4P2Rh-. The average Bonchev–Trinajstić information content (AvgIpc) is 3.35. The van der Waals surface area contributed by atoms with E-state index in [2.05, 4.69) is 58.3 Å². The summed E-state index contributed by atoms with van der Waals surface area (Å²) in [6.45, 7) is 12.5. The number of hydrogen-bond acceptors (Lipinski definition) is 0. The second-order valence-electron chi connectivity index (χ2n) is 9.60. The summed E-state index contributed by atoms with van der Waals surface area (Å²) in [5, 5.41) is 0. The summed E-state index contributed by atoms with van der Waals surface area (Å²) in [5.74, 6) is 12.1. The molecule has 3 rings (SSSR count). The number of rotatable bonds is 7. The van der Waals surface area contributed by atoms with Crippen molar-refractivity contribution in [1.82, 2.24) is 0 Å². The Labute approximate surface area is 229 Å². The summed E-state index contributed by atoms with van der Waals surface area (Å²) in [6, 6.07) is 0. The van der Waals surface area contributed by atoms with Crippen molar-refractivity contribution in [1.29, 1.82) is 0 Å². The molecule has 0 N–H and O–H groups in total. The first-order chi connectivity index (χ1) is 16.2. The first-order valence-corrected chi connectivity index (χ1v) is 16.7. The smallest absolute Gasteiger partial charge is 0.418 e. The first kappa shape index (κ1) is 35.4. The van der Waals surface area contributed by atoms with Gasteiger partial charge < -0.3 is 17.3 Å². The van der Waals surface area contributed by atoms with Gasteiger partial charge in [0, 0.05) is 45.2 Å². The predicted molar refractivity (Wildman–Crippen MR) is 147 cm³/mol. The van der Waals surface area contributed by atoms with Gasteiger partial charge in [0.15, 0.2) is 0 Å². The van der Waals surface area contributed by atoms with Crippen LogP contribution in [0, 0.1) is 23.7 Å². The van der Waals surface area contributed by atoms with Crippen LogP contribution in [0.25, 0.3) is 0 Å². The minimum absolute atomic E-state index is 0. The van der Waals surface area contributed by atoms with Crippen molar-refractivity contribution < 1.29 is 36.7 Å². The third-order valence-electron chi connectivity index (χ3n) is 7.32. The van der Waals surface area contributed by atoms with Crippen LogP contribution in [0.1, 0.15) is 112 Å². The maximum atomic E-state index is 9.75. The van der Waals surface area contributed by atoms with Crippen molar-refractivity contribution >= 4 is 23.1 Å². The van der Waals surface area contributed by atoms with E-state index in [0.29, 0.717) is 15.8 Å². The van der Waals surface area contributed by atoms with E-state index in [4.69, 9.17) is 0 Å². The van der Waals surface area contributed by atoms with Crippen LogP contribution in [0.15, 0.2) is 0 Å². The molecular weight excluding hydrogens is 576 g/mol. The monoisotopic (exact) mass is 622 g/mol. The molecule has 205 valence electrons. The van der Waals surface area contributed by atoms with Crippen molar-refractivity contribution in [3.05, 3.63) is 0 Å². The van der Waals surface area contributed by atoms with E-state index < -0.39 is 7.25 Å². The molecule has 1 aliphatic carbocycles. The molecule has 5 atom stereocenters. The summed E-state index contributed by atoms with van der Waals surface area (Å²) >= 11 is 0. The third kappa shape index (κ3) is 14.2. The first-order valence-electron chi connectivity index (χ1n) is 13.5. The van der Waals surface area contributed by atoms with Crippen LogP contribution in [0.3, 0.4) is 0 Å². The van der Waals surface area contributed by atoms with Gasteiger partial charge in [0.1, 0.15) is 0 Å². The largest absolute Gasteiger partial charge is 0.673 e. The van der Waals surface area contributed by atoms with Gasteiger partial charge in [-0.05, 0) is 85.8 Å². The van der Waals surface area contributed by atoms with Gasteiger partial charge in [0.05, 0.1) is 0 Å². The predicted octanol–water partition coefficient (Wildman–Crippen LogP) is 9.91. The van der Waals surface area contributed by atoms with Crippen LogP contribution in [-0.2, 0) is 19.5 Å². The van der Waals surface area contributed by atoms with Gasteiger partial charge in [-0.15, -0.1) is 23.7 Å². The molecule has 2 heterocycles. The zero-order valence-electron chi connectivity index (χ0n) is 22.4. The van der Waals surface area contributed by atoms with Gasteiger partial charge in [-0.25, -0.2) is 0 Å². The molecule has 35 heavy (non-hydrogen) atoms. The van der Waals surface area contributed by atoms with E-state index >= 15 is 0 Å². The Hall–Kier alpha value is 0.388. The Bertz CT molecular complexity index is 615. The molecule has 8 heteroatoms. The van der Waals surface area contributed by atoms with Crippen LogP contribution in [0.4, 0.5) is 17.3 Å². The molecule has 0 saturated carbocycles. The zero-order valence-corrected chi connectivity index (χ0v) is 25.8. The Balaban J connectivity index is 0.000000680. The number of hydrogen-bond donors (Lipinski definition) is 0. The van der Waals surface area contributed by atoms with Crippen molar-refractivity contribution in [3.63, 3.8) is 0 Å². The summed E-state index contributed by atoms with van der Waals surface area (Å²) in [6.07, 6.45) is 17.5. The van der Waals surface area contributed by atoms with E-state index in [1.807, 2.05) is 0 Å².